The molecule has 1 heterocycles. The molecule has 0 saturated carbocycles. The summed E-state index contributed by atoms with van der Waals surface area (Å²) in [6.45, 7) is 8.69. The average Bonchev–Trinajstić information content (AvgIpc) is 3.32. The highest BCUT2D eigenvalue weighted by molar-refractivity contribution is 5.87. The molecule has 2 aromatic rings. The van der Waals surface area contributed by atoms with Gasteiger partial charge in [-0.15, -0.1) is 0 Å². The van der Waals surface area contributed by atoms with Crippen LogP contribution >= 0.6 is 0 Å². The summed E-state index contributed by atoms with van der Waals surface area (Å²) in [4.78, 5) is 39.1. The smallest absolute Gasteiger partial charge is 0.407 e. The van der Waals surface area contributed by atoms with Gasteiger partial charge < -0.3 is 20.1 Å². The van der Waals surface area contributed by atoms with Gasteiger partial charge in [-0.05, 0) is 39.5 Å². The van der Waals surface area contributed by atoms with E-state index < -0.39 is 23.5 Å². The SMILES string of the molecule is C[C@@H]1CN(C(=O)C(NC(=O)OCC2c3ccccc3-c3ccccc32)C(C)(C)C)C[C@H]1CC(=O)O. The van der Waals surface area contributed by atoms with Crippen LogP contribution < -0.4 is 5.32 Å². The highest BCUT2D eigenvalue weighted by atomic mass is 16.5. The van der Waals surface area contributed by atoms with E-state index in [1.807, 2.05) is 52.0 Å². The standard InChI is InChI=1S/C28H34N2O5/c1-17-14-30(15-18(17)13-24(31)32)26(33)25(28(2,3)4)29-27(34)35-16-23-21-11-7-5-9-19(21)20-10-6-8-12-22(20)23/h5-12,17-18,23,25H,13-16H2,1-4H3,(H,29,34)(H,31,32)/t17-,18-,25?/m1/s1. The third-order valence-corrected chi connectivity index (χ3v) is 7.24. The summed E-state index contributed by atoms with van der Waals surface area (Å²) < 4.78 is 5.67. The summed E-state index contributed by atoms with van der Waals surface area (Å²) in [7, 11) is 0. The number of amides is 2. The Bertz CT molecular complexity index is 1080. The van der Waals surface area contributed by atoms with Crippen molar-refractivity contribution in [2.24, 2.45) is 17.3 Å². The molecule has 7 nitrogen and oxygen atoms in total. The van der Waals surface area contributed by atoms with Gasteiger partial charge in [0.25, 0.3) is 0 Å². The molecule has 0 spiro atoms. The van der Waals surface area contributed by atoms with Gasteiger partial charge in [-0.3, -0.25) is 9.59 Å². The van der Waals surface area contributed by atoms with E-state index in [-0.39, 0.29) is 36.7 Å². The van der Waals surface area contributed by atoms with Crippen molar-refractivity contribution in [1.82, 2.24) is 10.2 Å². The van der Waals surface area contributed by atoms with Crippen molar-refractivity contribution in [3.8, 4) is 11.1 Å². The molecular formula is C28H34N2O5. The summed E-state index contributed by atoms with van der Waals surface area (Å²) >= 11 is 0. The molecule has 2 aliphatic rings. The Balaban J connectivity index is 1.43. The largest absolute Gasteiger partial charge is 0.481 e. The fraction of sp³-hybridized carbons (Fsp3) is 0.464. The first-order chi connectivity index (χ1) is 16.6. The second-order valence-electron chi connectivity index (χ2n) is 10.8. The van der Waals surface area contributed by atoms with Crippen LogP contribution in [-0.4, -0.2) is 53.7 Å². The Hall–Kier alpha value is -3.35. The zero-order valence-corrected chi connectivity index (χ0v) is 20.8. The van der Waals surface area contributed by atoms with Crippen molar-refractivity contribution in [3.63, 3.8) is 0 Å². The molecule has 1 saturated heterocycles. The van der Waals surface area contributed by atoms with Gasteiger partial charge in [0.05, 0.1) is 6.42 Å². The van der Waals surface area contributed by atoms with Crippen LogP contribution in [-0.2, 0) is 14.3 Å². The Kier molecular flexibility index (Phi) is 6.88. The highest BCUT2D eigenvalue weighted by Gasteiger charge is 2.41. The maximum atomic E-state index is 13.4. The number of carbonyl (C=O) groups is 3. The van der Waals surface area contributed by atoms with Crippen LogP contribution in [0.3, 0.4) is 0 Å². The van der Waals surface area contributed by atoms with Gasteiger partial charge in [-0.1, -0.05) is 76.2 Å². The number of likely N-dealkylation sites (tertiary alicyclic amines) is 1. The first kappa shape index (κ1) is 24.8. The minimum Gasteiger partial charge on any atom is -0.481 e. The van der Waals surface area contributed by atoms with Gasteiger partial charge in [0.1, 0.15) is 12.6 Å². The number of nitrogens with one attached hydrogen (secondary N) is 1. The Labute approximate surface area is 206 Å². The third kappa shape index (κ3) is 5.19. The number of aliphatic carboxylic acids is 1. The number of ether oxygens (including phenoxy) is 1. The molecule has 0 aromatic heterocycles. The number of fused-ring (bicyclic) bond motifs is 3. The summed E-state index contributed by atoms with van der Waals surface area (Å²) in [5.74, 6) is -1.13. The zero-order valence-electron chi connectivity index (χ0n) is 20.8. The minimum absolute atomic E-state index is 0.0327. The first-order valence-electron chi connectivity index (χ1n) is 12.2. The molecule has 1 fully saturated rings. The van der Waals surface area contributed by atoms with Crippen molar-refractivity contribution < 1.29 is 24.2 Å². The average molecular weight is 479 g/mol. The molecule has 7 heteroatoms. The van der Waals surface area contributed by atoms with Crippen molar-refractivity contribution in [2.45, 2.75) is 46.1 Å². The Morgan fingerprint density at radius 1 is 1.03 bits per heavy atom. The third-order valence-electron chi connectivity index (χ3n) is 7.24. The van der Waals surface area contributed by atoms with Crippen LogP contribution in [0.1, 0.15) is 51.2 Å². The van der Waals surface area contributed by atoms with Gasteiger partial charge in [0.15, 0.2) is 0 Å². The summed E-state index contributed by atoms with van der Waals surface area (Å²) in [5, 5.41) is 12.0. The van der Waals surface area contributed by atoms with Crippen molar-refractivity contribution in [3.05, 3.63) is 59.7 Å². The van der Waals surface area contributed by atoms with Crippen LogP contribution in [0.25, 0.3) is 11.1 Å². The second-order valence-corrected chi connectivity index (χ2v) is 10.8. The molecule has 1 aliphatic carbocycles. The number of rotatable bonds is 6. The fourth-order valence-corrected chi connectivity index (χ4v) is 5.29. The Morgan fingerprint density at radius 3 is 2.14 bits per heavy atom. The molecule has 4 rings (SSSR count). The first-order valence-corrected chi connectivity index (χ1v) is 12.2. The molecule has 1 unspecified atom stereocenters. The molecule has 2 N–H and O–H groups in total. The number of carboxylic acids is 1. The lowest BCUT2D eigenvalue weighted by Crippen LogP contribution is -2.54. The summed E-state index contributed by atoms with van der Waals surface area (Å²) in [6, 6.07) is 15.5. The maximum absolute atomic E-state index is 13.4. The molecule has 2 aromatic carbocycles. The number of alkyl carbamates (subject to hydrolysis) is 1. The molecular weight excluding hydrogens is 444 g/mol. The fourth-order valence-electron chi connectivity index (χ4n) is 5.29. The van der Waals surface area contributed by atoms with Crippen LogP contribution in [0.15, 0.2) is 48.5 Å². The van der Waals surface area contributed by atoms with E-state index >= 15 is 0 Å². The molecule has 186 valence electrons. The number of hydrogen-bond donors (Lipinski definition) is 2. The van der Waals surface area contributed by atoms with Crippen LogP contribution in [0, 0.1) is 17.3 Å². The molecule has 0 radical (unpaired) electrons. The number of carbonyl (C=O) groups excluding carboxylic acids is 2. The lowest BCUT2D eigenvalue weighted by atomic mass is 9.86. The van der Waals surface area contributed by atoms with E-state index in [9.17, 15) is 14.4 Å². The van der Waals surface area contributed by atoms with Gasteiger partial charge in [-0.25, -0.2) is 4.79 Å². The summed E-state index contributed by atoms with van der Waals surface area (Å²) in [6.07, 6.45) is -0.597. The van der Waals surface area contributed by atoms with Gasteiger partial charge in [0.2, 0.25) is 5.91 Å². The van der Waals surface area contributed by atoms with Crippen molar-refractivity contribution in [2.75, 3.05) is 19.7 Å². The molecule has 2 amide bonds. The van der Waals surface area contributed by atoms with Crippen LogP contribution in [0.4, 0.5) is 4.79 Å². The van der Waals surface area contributed by atoms with Crippen molar-refractivity contribution >= 4 is 18.0 Å². The van der Waals surface area contributed by atoms with E-state index in [1.54, 1.807) is 4.90 Å². The lowest BCUT2D eigenvalue weighted by Gasteiger charge is -2.33. The summed E-state index contributed by atoms with van der Waals surface area (Å²) in [5.41, 5.74) is 4.01. The minimum atomic E-state index is -0.861. The van der Waals surface area contributed by atoms with Gasteiger partial charge in [0, 0.05) is 19.0 Å². The van der Waals surface area contributed by atoms with E-state index in [0.29, 0.717) is 13.1 Å². The van der Waals surface area contributed by atoms with E-state index in [0.717, 1.165) is 22.3 Å². The normalized spacial score (nSPS) is 20.2. The van der Waals surface area contributed by atoms with Crippen LogP contribution in [0.2, 0.25) is 0 Å². The molecule has 0 bridgehead atoms. The molecule has 1 aliphatic heterocycles. The number of hydrogen-bond acceptors (Lipinski definition) is 4. The number of nitrogens with zero attached hydrogens (tertiary/aromatic N) is 1. The predicted molar refractivity (Wildman–Crippen MR) is 133 cm³/mol. The topological polar surface area (TPSA) is 95.9 Å². The number of carboxylic acid groups (broad SMARTS) is 1. The quantitative estimate of drug-likeness (QED) is 0.637. The molecule has 35 heavy (non-hydrogen) atoms. The second kappa shape index (κ2) is 9.72. The number of benzene rings is 2. The van der Waals surface area contributed by atoms with Crippen LogP contribution in [0.5, 0.6) is 0 Å². The van der Waals surface area contributed by atoms with E-state index in [2.05, 4.69) is 29.6 Å². The van der Waals surface area contributed by atoms with Crippen molar-refractivity contribution in [1.29, 1.82) is 0 Å². The highest BCUT2D eigenvalue weighted by Crippen LogP contribution is 2.44. The Morgan fingerprint density at radius 2 is 1.60 bits per heavy atom. The van der Waals surface area contributed by atoms with Gasteiger partial charge >= 0.3 is 12.1 Å². The lowest BCUT2D eigenvalue weighted by molar-refractivity contribution is -0.139. The van der Waals surface area contributed by atoms with Gasteiger partial charge in [-0.2, -0.15) is 0 Å². The zero-order chi connectivity index (χ0) is 25.3. The van der Waals surface area contributed by atoms with E-state index in [1.165, 1.54) is 0 Å². The predicted octanol–water partition coefficient (Wildman–Crippen LogP) is 4.51. The monoisotopic (exact) mass is 478 g/mol. The molecule has 3 atom stereocenters. The maximum Gasteiger partial charge on any atom is 0.407 e. The van der Waals surface area contributed by atoms with E-state index in [4.69, 9.17) is 9.84 Å².